The topological polar surface area (TPSA) is 90.9 Å². The van der Waals surface area contributed by atoms with Crippen molar-refractivity contribution in [1.29, 1.82) is 0 Å². The maximum atomic E-state index is 13.7. The first kappa shape index (κ1) is 31.6. The number of hydrogen-bond donors (Lipinski definition) is 1. The van der Waals surface area contributed by atoms with E-state index in [0.717, 1.165) is 29.2 Å². The lowest BCUT2D eigenvalue weighted by molar-refractivity contribution is -0.159. The molecule has 38 heavy (non-hydrogen) atoms. The van der Waals surface area contributed by atoms with Crippen molar-refractivity contribution < 1.29 is 28.6 Å². The Morgan fingerprint density at radius 1 is 1.03 bits per heavy atom. The Labute approximate surface area is 231 Å². The van der Waals surface area contributed by atoms with Crippen LogP contribution in [-0.2, 0) is 35.0 Å². The summed E-state index contributed by atoms with van der Waals surface area (Å²) in [7, 11) is 1.58. The van der Waals surface area contributed by atoms with E-state index in [1.54, 1.807) is 18.9 Å². The van der Waals surface area contributed by atoms with Crippen LogP contribution in [-0.4, -0.2) is 60.8 Å². The average Bonchev–Trinajstić information content (AvgIpc) is 2.86. The van der Waals surface area contributed by atoms with E-state index in [1.807, 2.05) is 45.0 Å². The fraction of sp³-hybridized carbons (Fsp3) is 0.567. The number of carbonyl (C=O) groups excluding carboxylic acids is 3. The lowest BCUT2D eigenvalue weighted by atomic mass is 9.95. The Kier molecular flexibility index (Phi) is 13.1. The Balaban J connectivity index is 2.22. The smallest absolute Gasteiger partial charge is 0.329 e. The van der Waals surface area contributed by atoms with Crippen LogP contribution in [0, 0.1) is 5.92 Å². The standard InChI is InChI=1S/C30H43NO6S/c1-7-8-16-27(29(34)37-30(3,4)5)31-28(33)24(19-38-20-25(35-6)18-36-21(2)32)17-23-14-11-13-22-12-9-10-15-26(22)23/h9-15,24-25,27H,7-8,16-20H2,1-6H3,(H,31,33)/t24-,25?,27+/m1/s1. The number of methoxy groups -OCH3 is 1. The minimum absolute atomic E-state index is 0.163. The van der Waals surface area contributed by atoms with Gasteiger partial charge in [0.25, 0.3) is 0 Å². The van der Waals surface area contributed by atoms with Crippen molar-refractivity contribution >= 4 is 40.4 Å². The second-order valence-electron chi connectivity index (χ2n) is 10.5. The van der Waals surface area contributed by atoms with Crippen LogP contribution in [0.3, 0.4) is 0 Å². The van der Waals surface area contributed by atoms with Gasteiger partial charge in [-0.25, -0.2) is 4.79 Å². The Morgan fingerprint density at radius 2 is 1.74 bits per heavy atom. The molecule has 0 aliphatic carbocycles. The largest absolute Gasteiger partial charge is 0.463 e. The predicted molar refractivity (Wildman–Crippen MR) is 153 cm³/mol. The summed E-state index contributed by atoms with van der Waals surface area (Å²) < 4.78 is 16.1. The van der Waals surface area contributed by atoms with Crippen LogP contribution in [0.1, 0.15) is 59.4 Å². The molecular weight excluding hydrogens is 502 g/mol. The van der Waals surface area contributed by atoms with Crippen LogP contribution < -0.4 is 5.32 Å². The summed E-state index contributed by atoms with van der Waals surface area (Å²) in [6.07, 6.45) is 2.49. The second kappa shape index (κ2) is 15.7. The highest BCUT2D eigenvalue weighted by Gasteiger charge is 2.29. The summed E-state index contributed by atoms with van der Waals surface area (Å²) in [5, 5.41) is 5.23. The predicted octanol–water partition coefficient (Wildman–Crippen LogP) is 5.33. The molecule has 0 heterocycles. The molecular formula is C30H43NO6S. The van der Waals surface area contributed by atoms with E-state index < -0.39 is 17.6 Å². The molecule has 0 radical (unpaired) electrons. The first-order valence-corrected chi connectivity index (χ1v) is 14.4. The first-order chi connectivity index (χ1) is 18.0. The molecule has 0 saturated carbocycles. The van der Waals surface area contributed by atoms with Gasteiger partial charge in [-0.3, -0.25) is 9.59 Å². The van der Waals surface area contributed by atoms with Gasteiger partial charge in [0.15, 0.2) is 0 Å². The number of rotatable bonds is 15. The number of ether oxygens (including phenoxy) is 3. The Morgan fingerprint density at radius 3 is 2.39 bits per heavy atom. The van der Waals surface area contributed by atoms with Crippen LogP contribution in [0.25, 0.3) is 10.8 Å². The van der Waals surface area contributed by atoms with Crippen molar-refractivity contribution in [3.8, 4) is 0 Å². The fourth-order valence-electron chi connectivity index (χ4n) is 4.02. The second-order valence-corrected chi connectivity index (χ2v) is 11.5. The summed E-state index contributed by atoms with van der Waals surface area (Å²) in [4.78, 5) is 37.8. The maximum Gasteiger partial charge on any atom is 0.329 e. The lowest BCUT2D eigenvalue weighted by Gasteiger charge is -2.26. The van der Waals surface area contributed by atoms with Crippen LogP contribution in [0.5, 0.6) is 0 Å². The molecule has 2 aromatic rings. The summed E-state index contributed by atoms with van der Waals surface area (Å²) in [5.41, 5.74) is 0.441. The van der Waals surface area contributed by atoms with Crippen molar-refractivity contribution in [3.63, 3.8) is 0 Å². The van der Waals surface area contributed by atoms with Gasteiger partial charge in [0.1, 0.15) is 24.4 Å². The molecule has 0 aliphatic rings. The summed E-state index contributed by atoms with van der Waals surface area (Å²) in [5.74, 6) is -0.240. The summed E-state index contributed by atoms with van der Waals surface area (Å²) >= 11 is 1.57. The van der Waals surface area contributed by atoms with E-state index in [1.165, 1.54) is 6.92 Å². The molecule has 0 fully saturated rings. The molecule has 1 N–H and O–H groups in total. The van der Waals surface area contributed by atoms with Crippen molar-refractivity contribution in [2.75, 3.05) is 25.2 Å². The summed E-state index contributed by atoms with van der Waals surface area (Å²) in [6, 6.07) is 13.5. The van der Waals surface area contributed by atoms with Gasteiger partial charge in [-0.2, -0.15) is 11.8 Å². The van der Waals surface area contributed by atoms with Gasteiger partial charge >= 0.3 is 11.9 Å². The van der Waals surface area contributed by atoms with Gasteiger partial charge < -0.3 is 19.5 Å². The zero-order valence-electron chi connectivity index (χ0n) is 23.6. The first-order valence-electron chi connectivity index (χ1n) is 13.3. The third-order valence-electron chi connectivity index (χ3n) is 6.00. The van der Waals surface area contributed by atoms with Gasteiger partial charge in [-0.1, -0.05) is 62.2 Å². The van der Waals surface area contributed by atoms with Crippen molar-refractivity contribution in [2.45, 2.75) is 78.0 Å². The summed E-state index contributed by atoms with van der Waals surface area (Å²) in [6.45, 7) is 9.06. The minimum Gasteiger partial charge on any atom is -0.463 e. The van der Waals surface area contributed by atoms with Gasteiger partial charge in [-0.15, -0.1) is 0 Å². The Hall–Kier alpha value is -2.58. The minimum atomic E-state index is -0.697. The van der Waals surface area contributed by atoms with Gasteiger partial charge in [0.05, 0.1) is 5.92 Å². The highest BCUT2D eigenvalue weighted by atomic mass is 32.2. The van der Waals surface area contributed by atoms with Crippen LogP contribution in [0.4, 0.5) is 0 Å². The molecule has 0 spiro atoms. The maximum absolute atomic E-state index is 13.7. The molecule has 0 aromatic heterocycles. The van der Waals surface area contributed by atoms with E-state index in [2.05, 4.69) is 30.4 Å². The number of nitrogens with one attached hydrogen (secondary N) is 1. The fourth-order valence-corrected chi connectivity index (χ4v) is 5.20. The molecule has 7 nitrogen and oxygen atoms in total. The number of fused-ring (bicyclic) bond motifs is 1. The number of amides is 1. The normalized spacial score (nSPS) is 13.9. The molecule has 0 bridgehead atoms. The Bertz CT molecular complexity index is 1050. The number of unbranched alkanes of at least 4 members (excludes halogenated alkanes) is 1. The number of carbonyl (C=O) groups is 3. The molecule has 2 aromatic carbocycles. The number of esters is 2. The quantitative estimate of drug-likeness (QED) is 0.303. The van der Waals surface area contributed by atoms with Crippen LogP contribution >= 0.6 is 11.8 Å². The number of thioether (sulfide) groups is 1. The lowest BCUT2D eigenvalue weighted by Crippen LogP contribution is -2.47. The number of benzene rings is 2. The van der Waals surface area contributed by atoms with E-state index in [4.69, 9.17) is 14.2 Å². The van der Waals surface area contributed by atoms with Gasteiger partial charge in [0.2, 0.25) is 5.91 Å². The van der Waals surface area contributed by atoms with Gasteiger partial charge in [-0.05, 0) is 49.9 Å². The third-order valence-corrected chi connectivity index (χ3v) is 7.25. The van der Waals surface area contributed by atoms with Gasteiger partial charge in [0, 0.05) is 25.5 Å². The molecule has 3 atom stereocenters. The van der Waals surface area contributed by atoms with Crippen molar-refractivity contribution in [2.24, 2.45) is 5.92 Å². The van der Waals surface area contributed by atoms with E-state index in [9.17, 15) is 14.4 Å². The molecule has 2 rings (SSSR count). The van der Waals surface area contributed by atoms with E-state index in [-0.39, 0.29) is 30.5 Å². The molecule has 1 amide bonds. The number of hydrogen-bond acceptors (Lipinski definition) is 7. The van der Waals surface area contributed by atoms with E-state index in [0.29, 0.717) is 24.3 Å². The van der Waals surface area contributed by atoms with Crippen molar-refractivity contribution in [3.05, 3.63) is 48.0 Å². The highest BCUT2D eigenvalue weighted by Crippen LogP contribution is 2.24. The SMILES string of the molecule is CCCC[C@H](NC(=O)[C@@H](CSCC(COC(C)=O)OC)Cc1cccc2ccccc12)C(=O)OC(C)(C)C. The molecule has 210 valence electrons. The third kappa shape index (κ3) is 11.0. The zero-order valence-corrected chi connectivity index (χ0v) is 24.4. The molecule has 1 unspecified atom stereocenters. The van der Waals surface area contributed by atoms with Crippen LogP contribution in [0.15, 0.2) is 42.5 Å². The van der Waals surface area contributed by atoms with E-state index >= 15 is 0 Å². The monoisotopic (exact) mass is 545 g/mol. The zero-order chi connectivity index (χ0) is 28.1. The van der Waals surface area contributed by atoms with Crippen LogP contribution in [0.2, 0.25) is 0 Å². The molecule has 0 aliphatic heterocycles. The van der Waals surface area contributed by atoms with Crippen molar-refractivity contribution in [1.82, 2.24) is 5.32 Å². The molecule has 8 heteroatoms. The average molecular weight is 546 g/mol. The molecule has 0 saturated heterocycles. The highest BCUT2D eigenvalue weighted by molar-refractivity contribution is 7.99.